The van der Waals surface area contributed by atoms with Gasteiger partial charge in [-0.05, 0) is 67.4 Å². The Morgan fingerprint density at radius 2 is 1.82 bits per heavy atom. The number of halogens is 1. The van der Waals surface area contributed by atoms with Crippen molar-refractivity contribution in [3.05, 3.63) is 82.9 Å². The number of benzene rings is 3. The molecule has 1 amide bonds. The smallest absolute Gasteiger partial charge is 0.280 e. The van der Waals surface area contributed by atoms with Crippen LogP contribution in [0, 0.1) is 0 Å². The minimum atomic E-state index is -0.143. The number of nitrogens with zero attached hydrogens (tertiary/aromatic N) is 3. The maximum atomic E-state index is 13.1. The summed E-state index contributed by atoms with van der Waals surface area (Å²) in [5.74, 6) is -0.143. The Balaban J connectivity index is 1.47. The number of para-hydroxylation sites is 1. The lowest BCUT2D eigenvalue weighted by molar-refractivity contribution is -0.114. The van der Waals surface area contributed by atoms with Crippen LogP contribution >= 0.6 is 23.4 Å². The lowest BCUT2D eigenvalue weighted by Gasteiger charge is -2.33. The minimum absolute atomic E-state index is 0.143. The zero-order valence-electron chi connectivity index (χ0n) is 18.6. The van der Waals surface area contributed by atoms with Gasteiger partial charge in [-0.15, -0.1) is 0 Å². The van der Waals surface area contributed by atoms with E-state index in [0.717, 1.165) is 24.9 Å². The van der Waals surface area contributed by atoms with Crippen molar-refractivity contribution in [2.45, 2.75) is 36.5 Å². The zero-order valence-corrected chi connectivity index (χ0v) is 20.2. The summed E-state index contributed by atoms with van der Waals surface area (Å²) in [7, 11) is 0. The molecule has 2 aliphatic heterocycles. The highest BCUT2D eigenvalue weighted by Gasteiger charge is 2.29. The van der Waals surface area contributed by atoms with Crippen LogP contribution in [0.4, 0.5) is 17.1 Å². The summed E-state index contributed by atoms with van der Waals surface area (Å²) in [5, 5.41) is 6.48. The molecule has 0 saturated heterocycles. The van der Waals surface area contributed by atoms with Gasteiger partial charge in [0, 0.05) is 21.4 Å². The number of unbranched alkanes of at least 4 members (excludes halogenated alkanes) is 1. The molecule has 166 valence electrons. The summed E-state index contributed by atoms with van der Waals surface area (Å²) >= 11 is 7.89. The van der Waals surface area contributed by atoms with Gasteiger partial charge in [-0.3, -0.25) is 4.79 Å². The van der Waals surface area contributed by atoms with Crippen LogP contribution in [0.1, 0.15) is 32.3 Å². The molecule has 0 bridgehead atoms. The Hall–Kier alpha value is -3.02. The second-order valence-corrected chi connectivity index (χ2v) is 9.66. The number of carbonyl (C=O) groups is 1. The molecular formula is C27H24ClN3OS. The van der Waals surface area contributed by atoms with Gasteiger partial charge in [-0.25, -0.2) is 0 Å². The van der Waals surface area contributed by atoms with Crippen molar-refractivity contribution < 1.29 is 4.79 Å². The van der Waals surface area contributed by atoms with Crippen molar-refractivity contribution in [2.24, 2.45) is 5.10 Å². The Bertz CT molecular complexity index is 1300. The highest BCUT2D eigenvalue weighted by Crippen LogP contribution is 2.48. The molecule has 4 nitrogen and oxygen atoms in total. The van der Waals surface area contributed by atoms with Crippen LogP contribution < -0.4 is 9.91 Å². The highest BCUT2D eigenvalue weighted by atomic mass is 35.5. The van der Waals surface area contributed by atoms with Crippen LogP contribution in [0.5, 0.6) is 0 Å². The second-order valence-electron chi connectivity index (χ2n) is 8.14. The molecule has 0 spiro atoms. The molecule has 5 rings (SSSR count). The number of anilines is 3. The van der Waals surface area contributed by atoms with Crippen LogP contribution in [0.15, 0.2) is 87.2 Å². The van der Waals surface area contributed by atoms with Crippen molar-refractivity contribution in [3.8, 4) is 0 Å². The van der Waals surface area contributed by atoms with Crippen molar-refractivity contribution in [2.75, 3.05) is 16.5 Å². The predicted molar refractivity (Wildman–Crippen MR) is 139 cm³/mol. The van der Waals surface area contributed by atoms with Gasteiger partial charge in [-0.1, -0.05) is 61.0 Å². The minimum Gasteiger partial charge on any atom is -0.340 e. The number of hydrogen-bond acceptors (Lipinski definition) is 4. The van der Waals surface area contributed by atoms with E-state index >= 15 is 0 Å². The van der Waals surface area contributed by atoms with E-state index in [0.29, 0.717) is 22.0 Å². The second kappa shape index (κ2) is 9.08. The van der Waals surface area contributed by atoms with Crippen LogP contribution in [0.3, 0.4) is 0 Å². The molecule has 0 radical (unpaired) electrons. The first-order valence-corrected chi connectivity index (χ1v) is 12.3. The molecule has 0 unspecified atom stereocenters. The number of amides is 1. The Kier molecular flexibility index (Phi) is 6.00. The number of rotatable bonds is 5. The van der Waals surface area contributed by atoms with Gasteiger partial charge in [0.2, 0.25) is 0 Å². The fourth-order valence-corrected chi connectivity index (χ4v) is 5.46. The third-order valence-corrected chi connectivity index (χ3v) is 7.16. The van der Waals surface area contributed by atoms with E-state index in [-0.39, 0.29) is 5.91 Å². The quantitative estimate of drug-likeness (QED) is 0.359. The Morgan fingerprint density at radius 3 is 2.64 bits per heavy atom. The van der Waals surface area contributed by atoms with E-state index in [1.807, 2.05) is 25.1 Å². The topological polar surface area (TPSA) is 35.9 Å². The summed E-state index contributed by atoms with van der Waals surface area (Å²) < 4.78 is 0. The SMILES string of the molecule is CCCCN1c2ccccc2Sc2cc(/C=C3/C(=O)N(c4cccc(Cl)c4)N=C3C)ccc21. The van der Waals surface area contributed by atoms with Gasteiger partial charge in [0.25, 0.3) is 5.91 Å². The van der Waals surface area contributed by atoms with E-state index in [2.05, 4.69) is 59.4 Å². The number of fused-ring (bicyclic) bond motifs is 2. The molecule has 3 aromatic rings. The summed E-state index contributed by atoms with van der Waals surface area (Å²) in [6.07, 6.45) is 4.21. The zero-order chi connectivity index (χ0) is 22.9. The van der Waals surface area contributed by atoms with Crippen molar-refractivity contribution >= 4 is 58.1 Å². The first kappa shape index (κ1) is 21.8. The molecule has 0 aromatic heterocycles. The van der Waals surface area contributed by atoms with E-state index in [4.69, 9.17) is 11.6 Å². The lowest BCUT2D eigenvalue weighted by Crippen LogP contribution is -2.22. The molecule has 0 aliphatic carbocycles. The summed E-state index contributed by atoms with van der Waals surface area (Å²) in [5.41, 5.74) is 5.43. The standard InChI is InChI=1S/C27H24ClN3OS/c1-3-4-14-30-23-10-5-6-11-25(23)33-26-16-19(12-13-24(26)30)15-22-18(2)29-31(27(22)32)21-9-7-8-20(28)17-21/h5-13,15-17H,3-4,14H2,1-2H3/b22-15+. The molecule has 3 aromatic carbocycles. The summed E-state index contributed by atoms with van der Waals surface area (Å²) in [6.45, 7) is 5.07. The fraction of sp³-hybridized carbons (Fsp3) is 0.185. The van der Waals surface area contributed by atoms with Crippen LogP contribution in [0.25, 0.3) is 6.08 Å². The largest absolute Gasteiger partial charge is 0.340 e. The Morgan fingerprint density at radius 1 is 1.00 bits per heavy atom. The molecule has 0 atom stereocenters. The third kappa shape index (κ3) is 4.19. The molecule has 0 fully saturated rings. The molecular weight excluding hydrogens is 450 g/mol. The summed E-state index contributed by atoms with van der Waals surface area (Å²) in [4.78, 5) is 18.0. The third-order valence-electron chi connectivity index (χ3n) is 5.81. The number of carbonyl (C=O) groups excluding carboxylic acids is 1. The van der Waals surface area contributed by atoms with Gasteiger partial charge in [0.1, 0.15) is 0 Å². The van der Waals surface area contributed by atoms with Crippen molar-refractivity contribution in [1.82, 2.24) is 0 Å². The van der Waals surface area contributed by atoms with Crippen molar-refractivity contribution in [3.63, 3.8) is 0 Å². The first-order chi connectivity index (χ1) is 16.0. The van der Waals surface area contributed by atoms with Gasteiger partial charge < -0.3 is 4.90 Å². The van der Waals surface area contributed by atoms with Gasteiger partial charge in [0.05, 0.1) is 28.3 Å². The van der Waals surface area contributed by atoms with Crippen LogP contribution in [-0.4, -0.2) is 18.2 Å². The predicted octanol–water partition coefficient (Wildman–Crippen LogP) is 7.55. The monoisotopic (exact) mass is 473 g/mol. The van der Waals surface area contributed by atoms with E-state index in [9.17, 15) is 4.79 Å². The van der Waals surface area contributed by atoms with E-state index in [1.165, 1.54) is 26.2 Å². The van der Waals surface area contributed by atoms with Gasteiger partial charge in [0.15, 0.2) is 0 Å². The maximum Gasteiger partial charge on any atom is 0.280 e. The molecule has 2 heterocycles. The van der Waals surface area contributed by atoms with E-state index in [1.54, 1.807) is 23.9 Å². The first-order valence-electron chi connectivity index (χ1n) is 11.1. The van der Waals surface area contributed by atoms with Crippen LogP contribution in [0.2, 0.25) is 5.02 Å². The molecule has 2 aliphatic rings. The molecule has 33 heavy (non-hydrogen) atoms. The highest BCUT2D eigenvalue weighted by molar-refractivity contribution is 7.99. The summed E-state index contributed by atoms with van der Waals surface area (Å²) in [6, 6.07) is 22.2. The van der Waals surface area contributed by atoms with Crippen LogP contribution in [-0.2, 0) is 4.79 Å². The average Bonchev–Trinajstić information content (AvgIpc) is 3.10. The van der Waals surface area contributed by atoms with Gasteiger partial charge >= 0.3 is 0 Å². The fourth-order valence-electron chi connectivity index (χ4n) is 4.13. The lowest BCUT2D eigenvalue weighted by atomic mass is 10.1. The Labute approximate surface area is 203 Å². The molecule has 6 heteroatoms. The van der Waals surface area contributed by atoms with Crippen molar-refractivity contribution in [1.29, 1.82) is 0 Å². The normalized spacial score (nSPS) is 16.2. The van der Waals surface area contributed by atoms with Gasteiger partial charge in [-0.2, -0.15) is 10.1 Å². The molecule has 0 saturated carbocycles. The maximum absolute atomic E-state index is 13.1. The number of hydrogen-bond donors (Lipinski definition) is 0. The average molecular weight is 474 g/mol. The number of hydrazone groups is 1. The van der Waals surface area contributed by atoms with E-state index < -0.39 is 0 Å². The molecule has 0 N–H and O–H groups in total.